The summed E-state index contributed by atoms with van der Waals surface area (Å²) in [7, 11) is 3.10. The third kappa shape index (κ3) is 3.95. The van der Waals surface area contributed by atoms with Crippen molar-refractivity contribution in [1.82, 2.24) is 25.0 Å². The van der Waals surface area contributed by atoms with Crippen LogP contribution in [0.1, 0.15) is 23.3 Å². The Morgan fingerprint density at radius 3 is 2.64 bits per heavy atom. The zero-order valence-corrected chi connectivity index (χ0v) is 14.1. The summed E-state index contributed by atoms with van der Waals surface area (Å²) in [5.74, 6) is 0.676. The first-order valence-corrected chi connectivity index (χ1v) is 7.94. The Bertz CT molecular complexity index is 727. The Labute approximate surface area is 144 Å². The lowest BCUT2D eigenvalue weighted by Gasteiger charge is -2.32. The average Bonchev–Trinajstić information content (AvgIpc) is 3.10. The molecule has 10 nitrogen and oxygen atoms in total. The van der Waals surface area contributed by atoms with Crippen molar-refractivity contribution in [3.8, 4) is 11.8 Å². The van der Waals surface area contributed by atoms with Gasteiger partial charge in [-0.05, 0) is 18.8 Å². The van der Waals surface area contributed by atoms with E-state index in [0.717, 1.165) is 25.9 Å². The van der Waals surface area contributed by atoms with Crippen LogP contribution in [0.3, 0.4) is 0 Å². The highest BCUT2D eigenvalue weighted by molar-refractivity contribution is 5.84. The minimum absolute atomic E-state index is 0.0477. The van der Waals surface area contributed by atoms with Crippen LogP contribution in [0.15, 0.2) is 12.3 Å². The molecule has 0 spiro atoms. The van der Waals surface area contributed by atoms with Crippen LogP contribution in [0, 0.1) is 5.92 Å². The number of nitrogens with zero attached hydrogens (tertiary/aromatic N) is 6. The molecule has 3 rings (SSSR count). The highest BCUT2D eigenvalue weighted by Crippen LogP contribution is 2.25. The van der Waals surface area contributed by atoms with Crippen LogP contribution in [0.4, 0.5) is 5.95 Å². The molecule has 1 fully saturated rings. The van der Waals surface area contributed by atoms with Crippen molar-refractivity contribution >= 4 is 11.9 Å². The number of hydrogen-bond acceptors (Lipinski definition) is 8. The first-order valence-electron chi connectivity index (χ1n) is 7.94. The molecule has 0 aliphatic carbocycles. The monoisotopic (exact) mass is 348 g/mol. The van der Waals surface area contributed by atoms with Crippen LogP contribution in [0.2, 0.25) is 0 Å². The summed E-state index contributed by atoms with van der Waals surface area (Å²) in [5, 5.41) is 16.5. The van der Waals surface area contributed by atoms with Crippen LogP contribution in [0.25, 0.3) is 0 Å². The van der Waals surface area contributed by atoms with Crippen molar-refractivity contribution in [2.24, 2.45) is 5.92 Å². The predicted molar refractivity (Wildman–Crippen MR) is 87.1 cm³/mol. The lowest BCUT2D eigenvalue weighted by atomic mass is 9.98. The minimum atomic E-state index is -1.08. The number of piperidine rings is 1. The van der Waals surface area contributed by atoms with Gasteiger partial charge in [0.1, 0.15) is 0 Å². The van der Waals surface area contributed by atoms with Gasteiger partial charge in [-0.2, -0.15) is 9.97 Å². The van der Waals surface area contributed by atoms with Gasteiger partial charge in [0.2, 0.25) is 17.7 Å². The molecule has 10 heteroatoms. The SMILES string of the molecule is COc1cc(OC)nc(N2CCCC(Cn3cc(C(=O)O)nn3)C2)n1. The van der Waals surface area contributed by atoms with Crippen molar-refractivity contribution in [3.63, 3.8) is 0 Å². The normalized spacial score (nSPS) is 17.4. The Kier molecular flexibility index (Phi) is 4.96. The van der Waals surface area contributed by atoms with Gasteiger partial charge in [0.05, 0.1) is 26.5 Å². The molecule has 0 radical (unpaired) electrons. The zero-order chi connectivity index (χ0) is 17.8. The second kappa shape index (κ2) is 7.32. The molecule has 0 amide bonds. The van der Waals surface area contributed by atoms with E-state index in [-0.39, 0.29) is 11.6 Å². The molecule has 2 aromatic heterocycles. The van der Waals surface area contributed by atoms with Gasteiger partial charge in [-0.25, -0.2) is 4.79 Å². The number of rotatable bonds is 6. The Morgan fingerprint density at radius 1 is 1.32 bits per heavy atom. The molecule has 1 N–H and O–H groups in total. The van der Waals surface area contributed by atoms with Crippen LogP contribution in [0.5, 0.6) is 11.8 Å². The second-order valence-electron chi connectivity index (χ2n) is 5.84. The Balaban J connectivity index is 1.71. The Hall–Kier alpha value is -2.91. The molecule has 1 aliphatic heterocycles. The van der Waals surface area contributed by atoms with E-state index < -0.39 is 5.97 Å². The molecule has 0 aromatic carbocycles. The molecular weight excluding hydrogens is 328 g/mol. The fraction of sp³-hybridized carbons (Fsp3) is 0.533. The largest absolute Gasteiger partial charge is 0.481 e. The van der Waals surface area contributed by atoms with Gasteiger partial charge < -0.3 is 19.5 Å². The molecule has 3 heterocycles. The smallest absolute Gasteiger partial charge is 0.358 e. The van der Waals surface area contributed by atoms with Crippen molar-refractivity contribution in [2.45, 2.75) is 19.4 Å². The minimum Gasteiger partial charge on any atom is -0.481 e. The molecule has 134 valence electrons. The molecule has 1 atom stereocenters. The maximum atomic E-state index is 10.9. The van der Waals surface area contributed by atoms with Gasteiger partial charge in [-0.15, -0.1) is 5.10 Å². The zero-order valence-electron chi connectivity index (χ0n) is 14.1. The lowest BCUT2D eigenvalue weighted by Crippen LogP contribution is -2.38. The summed E-state index contributed by atoms with van der Waals surface area (Å²) >= 11 is 0. The summed E-state index contributed by atoms with van der Waals surface area (Å²) < 4.78 is 12.0. The summed E-state index contributed by atoms with van der Waals surface area (Å²) in [6.07, 6.45) is 3.44. The third-order valence-corrected chi connectivity index (χ3v) is 4.09. The summed E-state index contributed by atoms with van der Waals surface area (Å²) in [5.41, 5.74) is -0.0477. The van der Waals surface area contributed by atoms with Crippen LogP contribution in [-0.2, 0) is 6.54 Å². The van der Waals surface area contributed by atoms with E-state index >= 15 is 0 Å². The van der Waals surface area contributed by atoms with Gasteiger partial charge in [0, 0.05) is 19.6 Å². The molecular formula is C15H20N6O4. The van der Waals surface area contributed by atoms with Crippen LogP contribution in [-0.4, -0.2) is 63.3 Å². The number of anilines is 1. The third-order valence-electron chi connectivity index (χ3n) is 4.09. The van der Waals surface area contributed by atoms with Gasteiger partial charge in [-0.3, -0.25) is 4.68 Å². The average molecular weight is 348 g/mol. The van der Waals surface area contributed by atoms with Crippen molar-refractivity contribution < 1.29 is 19.4 Å². The highest BCUT2D eigenvalue weighted by Gasteiger charge is 2.24. The number of aromatic carboxylic acids is 1. The quantitative estimate of drug-likeness (QED) is 0.805. The number of hydrogen-bond donors (Lipinski definition) is 1. The number of aromatic nitrogens is 5. The topological polar surface area (TPSA) is 115 Å². The van der Waals surface area contributed by atoms with Crippen molar-refractivity contribution in [3.05, 3.63) is 18.0 Å². The summed E-state index contributed by atoms with van der Waals surface area (Å²) in [6.45, 7) is 2.17. The molecule has 1 unspecified atom stereocenters. The first kappa shape index (κ1) is 16.9. The van der Waals surface area contributed by atoms with Crippen LogP contribution < -0.4 is 14.4 Å². The standard InChI is InChI=1S/C15H20N6O4/c1-24-12-6-13(25-2)17-15(16-12)20-5-3-4-10(7-20)8-21-9-11(14(22)23)18-19-21/h6,9-10H,3-5,7-8H2,1-2H3,(H,22,23). The van der Waals surface area contributed by atoms with E-state index in [2.05, 4.69) is 25.2 Å². The molecule has 1 aliphatic rings. The fourth-order valence-electron chi connectivity index (χ4n) is 2.89. The van der Waals surface area contributed by atoms with Crippen molar-refractivity contribution in [1.29, 1.82) is 0 Å². The van der Waals surface area contributed by atoms with Gasteiger partial charge in [0.15, 0.2) is 5.69 Å². The molecule has 0 saturated carbocycles. The first-order chi connectivity index (χ1) is 12.1. The van der Waals surface area contributed by atoms with Crippen molar-refractivity contribution in [2.75, 3.05) is 32.2 Å². The number of carboxylic acid groups (broad SMARTS) is 1. The molecule has 25 heavy (non-hydrogen) atoms. The van der Waals surface area contributed by atoms with E-state index in [0.29, 0.717) is 24.3 Å². The Morgan fingerprint density at radius 2 is 2.04 bits per heavy atom. The number of carbonyl (C=O) groups is 1. The summed E-state index contributed by atoms with van der Waals surface area (Å²) in [6, 6.07) is 1.63. The lowest BCUT2D eigenvalue weighted by molar-refractivity contribution is 0.0690. The van der Waals surface area contributed by atoms with E-state index in [4.69, 9.17) is 14.6 Å². The second-order valence-corrected chi connectivity index (χ2v) is 5.84. The fourth-order valence-corrected chi connectivity index (χ4v) is 2.89. The molecule has 2 aromatic rings. The number of methoxy groups -OCH3 is 2. The van der Waals surface area contributed by atoms with E-state index in [9.17, 15) is 4.79 Å². The summed E-state index contributed by atoms with van der Waals surface area (Å²) in [4.78, 5) is 21.8. The van der Waals surface area contributed by atoms with E-state index in [1.807, 2.05) is 0 Å². The molecule has 1 saturated heterocycles. The number of ether oxygens (including phenoxy) is 2. The predicted octanol–water partition coefficient (Wildman–Crippen LogP) is 0.700. The maximum absolute atomic E-state index is 10.9. The number of carboxylic acids is 1. The van der Waals surface area contributed by atoms with Gasteiger partial charge in [0.25, 0.3) is 0 Å². The van der Waals surface area contributed by atoms with Gasteiger partial charge in [-0.1, -0.05) is 5.21 Å². The molecule has 0 bridgehead atoms. The van der Waals surface area contributed by atoms with E-state index in [1.165, 1.54) is 6.20 Å². The van der Waals surface area contributed by atoms with E-state index in [1.54, 1.807) is 25.0 Å². The van der Waals surface area contributed by atoms with Crippen LogP contribution >= 0.6 is 0 Å². The maximum Gasteiger partial charge on any atom is 0.358 e. The highest BCUT2D eigenvalue weighted by atomic mass is 16.5. The van der Waals surface area contributed by atoms with Gasteiger partial charge >= 0.3 is 5.97 Å².